The standard InChI is InChI=1S/C18H29ClN6.HI/c1-3-24(15-6-7-15)12-10-22-18(20-2)23-14-8-11-25(13-14)17-16(19)5-4-9-21-17;/h4-5,9,14-15H,3,6-8,10-13H2,1-2H3,(H2,20,22,23);1H. The lowest BCUT2D eigenvalue weighted by Crippen LogP contribution is -2.46. The molecule has 0 bridgehead atoms. The van der Waals surface area contributed by atoms with Crippen LogP contribution in [-0.4, -0.2) is 67.7 Å². The summed E-state index contributed by atoms with van der Waals surface area (Å²) in [6, 6.07) is 4.93. The van der Waals surface area contributed by atoms with Crippen LogP contribution in [0.1, 0.15) is 26.2 Å². The van der Waals surface area contributed by atoms with Gasteiger partial charge in [-0.2, -0.15) is 0 Å². The van der Waals surface area contributed by atoms with Gasteiger partial charge in [0.2, 0.25) is 0 Å². The van der Waals surface area contributed by atoms with Crippen LogP contribution in [0, 0.1) is 0 Å². The van der Waals surface area contributed by atoms with Crippen LogP contribution < -0.4 is 15.5 Å². The third-order valence-corrected chi connectivity index (χ3v) is 5.25. The molecule has 1 aliphatic heterocycles. The molecular weight excluding hydrogens is 463 g/mol. The molecule has 1 atom stereocenters. The Morgan fingerprint density at radius 3 is 2.88 bits per heavy atom. The average molecular weight is 493 g/mol. The molecule has 1 aromatic rings. The van der Waals surface area contributed by atoms with Crippen LogP contribution in [0.2, 0.25) is 5.02 Å². The van der Waals surface area contributed by atoms with E-state index >= 15 is 0 Å². The van der Waals surface area contributed by atoms with E-state index in [1.807, 2.05) is 19.2 Å². The van der Waals surface area contributed by atoms with E-state index in [0.717, 1.165) is 57.0 Å². The number of nitrogens with one attached hydrogen (secondary N) is 2. The molecule has 2 fully saturated rings. The zero-order valence-corrected chi connectivity index (χ0v) is 18.7. The number of nitrogens with zero attached hydrogens (tertiary/aromatic N) is 4. The minimum Gasteiger partial charge on any atom is -0.355 e. The Bertz CT molecular complexity index is 595. The van der Waals surface area contributed by atoms with Crippen LogP contribution in [0.4, 0.5) is 5.82 Å². The van der Waals surface area contributed by atoms with E-state index in [0.29, 0.717) is 11.1 Å². The van der Waals surface area contributed by atoms with E-state index in [1.165, 1.54) is 12.8 Å². The molecule has 1 saturated heterocycles. The van der Waals surface area contributed by atoms with Gasteiger partial charge >= 0.3 is 0 Å². The number of halogens is 2. The van der Waals surface area contributed by atoms with Gasteiger partial charge in [-0.25, -0.2) is 4.98 Å². The van der Waals surface area contributed by atoms with E-state index in [9.17, 15) is 0 Å². The number of anilines is 1. The maximum atomic E-state index is 6.26. The minimum atomic E-state index is 0. The predicted octanol–water partition coefficient (Wildman–Crippen LogP) is 2.58. The lowest BCUT2D eigenvalue weighted by atomic mass is 10.3. The third-order valence-electron chi connectivity index (χ3n) is 4.95. The van der Waals surface area contributed by atoms with Crippen LogP contribution in [-0.2, 0) is 0 Å². The van der Waals surface area contributed by atoms with E-state index in [-0.39, 0.29) is 24.0 Å². The summed E-state index contributed by atoms with van der Waals surface area (Å²) in [5.41, 5.74) is 0. The molecule has 3 rings (SSSR count). The fourth-order valence-electron chi connectivity index (χ4n) is 3.42. The van der Waals surface area contributed by atoms with Gasteiger partial charge in [0.15, 0.2) is 5.96 Å². The highest BCUT2D eigenvalue weighted by molar-refractivity contribution is 14.0. The number of hydrogen-bond donors (Lipinski definition) is 2. The van der Waals surface area contributed by atoms with Crippen molar-refractivity contribution in [2.45, 2.75) is 38.3 Å². The number of aromatic nitrogens is 1. The molecule has 0 amide bonds. The summed E-state index contributed by atoms with van der Waals surface area (Å²) in [5.74, 6) is 1.75. The Hall–Kier alpha value is -0.800. The Kier molecular flexibility index (Phi) is 8.69. The van der Waals surface area contributed by atoms with Crippen LogP contribution in [0.25, 0.3) is 0 Å². The smallest absolute Gasteiger partial charge is 0.191 e. The van der Waals surface area contributed by atoms with Crippen LogP contribution in [0.15, 0.2) is 23.3 Å². The highest BCUT2D eigenvalue weighted by Crippen LogP contribution is 2.26. The Balaban J connectivity index is 0.00000243. The highest BCUT2D eigenvalue weighted by atomic mass is 127. The molecule has 1 aromatic heterocycles. The molecule has 2 N–H and O–H groups in total. The van der Waals surface area contributed by atoms with Crippen molar-refractivity contribution in [1.82, 2.24) is 20.5 Å². The monoisotopic (exact) mass is 492 g/mol. The van der Waals surface area contributed by atoms with Gasteiger partial charge in [0.25, 0.3) is 0 Å². The molecule has 0 radical (unpaired) electrons. The summed E-state index contributed by atoms with van der Waals surface area (Å²) in [6.45, 7) is 7.20. The SMILES string of the molecule is CCN(CCNC(=NC)NC1CCN(c2ncccc2Cl)C1)C1CC1.I. The topological polar surface area (TPSA) is 55.8 Å². The van der Waals surface area contributed by atoms with Gasteiger partial charge < -0.3 is 15.5 Å². The fraction of sp³-hybridized carbons (Fsp3) is 0.667. The molecule has 1 saturated carbocycles. The minimum absolute atomic E-state index is 0. The first kappa shape index (κ1) is 21.5. The van der Waals surface area contributed by atoms with E-state index in [1.54, 1.807) is 6.20 Å². The van der Waals surface area contributed by atoms with Crippen molar-refractivity contribution in [3.05, 3.63) is 23.4 Å². The van der Waals surface area contributed by atoms with Gasteiger partial charge in [-0.1, -0.05) is 18.5 Å². The van der Waals surface area contributed by atoms with E-state index in [4.69, 9.17) is 11.6 Å². The van der Waals surface area contributed by atoms with Crippen molar-refractivity contribution < 1.29 is 0 Å². The van der Waals surface area contributed by atoms with Gasteiger partial charge in [0.1, 0.15) is 5.82 Å². The second-order valence-corrected chi connectivity index (χ2v) is 7.15. The number of hydrogen-bond acceptors (Lipinski definition) is 4. The zero-order valence-electron chi connectivity index (χ0n) is 15.6. The number of aliphatic imine (C=N–C) groups is 1. The maximum absolute atomic E-state index is 6.26. The van der Waals surface area contributed by atoms with Gasteiger partial charge in [0.05, 0.1) is 5.02 Å². The van der Waals surface area contributed by atoms with Crippen molar-refractivity contribution in [2.75, 3.05) is 44.7 Å². The normalized spacial score (nSPS) is 20.2. The first-order chi connectivity index (χ1) is 12.2. The van der Waals surface area contributed by atoms with Crippen LogP contribution in [0.3, 0.4) is 0 Å². The zero-order chi connectivity index (χ0) is 17.6. The summed E-state index contributed by atoms with van der Waals surface area (Å²) < 4.78 is 0. The molecule has 26 heavy (non-hydrogen) atoms. The molecule has 6 nitrogen and oxygen atoms in total. The molecule has 0 spiro atoms. The molecule has 2 heterocycles. The van der Waals surface area contributed by atoms with Gasteiger partial charge in [0, 0.05) is 51.5 Å². The Morgan fingerprint density at radius 2 is 2.23 bits per heavy atom. The Morgan fingerprint density at radius 1 is 1.42 bits per heavy atom. The van der Waals surface area contributed by atoms with Crippen molar-refractivity contribution in [3.8, 4) is 0 Å². The van der Waals surface area contributed by atoms with Crippen molar-refractivity contribution in [3.63, 3.8) is 0 Å². The lowest BCUT2D eigenvalue weighted by molar-refractivity contribution is 0.282. The average Bonchev–Trinajstić information content (AvgIpc) is 3.37. The summed E-state index contributed by atoms with van der Waals surface area (Å²) >= 11 is 6.26. The summed E-state index contributed by atoms with van der Waals surface area (Å²) in [5, 5.41) is 7.69. The summed E-state index contributed by atoms with van der Waals surface area (Å²) in [7, 11) is 1.83. The maximum Gasteiger partial charge on any atom is 0.191 e. The van der Waals surface area contributed by atoms with Gasteiger partial charge in [-0.05, 0) is 37.9 Å². The first-order valence-corrected chi connectivity index (χ1v) is 9.65. The Labute approximate surface area is 178 Å². The molecular formula is C18H30ClIN6. The van der Waals surface area contributed by atoms with Gasteiger partial charge in [-0.3, -0.25) is 9.89 Å². The number of likely N-dealkylation sites (N-methyl/N-ethyl adjacent to an activating group) is 1. The first-order valence-electron chi connectivity index (χ1n) is 9.28. The van der Waals surface area contributed by atoms with Crippen LogP contribution >= 0.6 is 35.6 Å². The summed E-state index contributed by atoms with van der Waals surface area (Å²) in [6.07, 6.45) is 5.56. The van der Waals surface area contributed by atoms with Crippen LogP contribution in [0.5, 0.6) is 0 Å². The quantitative estimate of drug-likeness (QED) is 0.348. The van der Waals surface area contributed by atoms with E-state index < -0.39 is 0 Å². The molecule has 146 valence electrons. The third kappa shape index (κ3) is 5.85. The molecule has 2 aliphatic rings. The predicted molar refractivity (Wildman–Crippen MR) is 120 cm³/mol. The molecule has 8 heteroatoms. The second kappa shape index (κ2) is 10.5. The molecule has 1 aliphatic carbocycles. The number of rotatable bonds is 7. The van der Waals surface area contributed by atoms with Crippen molar-refractivity contribution in [2.24, 2.45) is 4.99 Å². The molecule has 1 unspecified atom stereocenters. The van der Waals surface area contributed by atoms with E-state index in [2.05, 4.69) is 37.3 Å². The fourth-order valence-corrected chi connectivity index (χ4v) is 3.67. The number of guanidine groups is 1. The van der Waals surface area contributed by atoms with Gasteiger partial charge in [-0.15, -0.1) is 24.0 Å². The molecule has 0 aromatic carbocycles. The lowest BCUT2D eigenvalue weighted by Gasteiger charge is -2.22. The van der Waals surface area contributed by atoms with Crippen molar-refractivity contribution >= 4 is 47.4 Å². The van der Waals surface area contributed by atoms with Crippen molar-refractivity contribution in [1.29, 1.82) is 0 Å². The summed E-state index contributed by atoms with van der Waals surface area (Å²) in [4.78, 5) is 13.6. The largest absolute Gasteiger partial charge is 0.355 e. The number of pyridine rings is 1. The second-order valence-electron chi connectivity index (χ2n) is 6.74. The highest BCUT2D eigenvalue weighted by Gasteiger charge is 2.28.